The average molecular weight is 336 g/mol. The Morgan fingerprint density at radius 1 is 1.25 bits per heavy atom. The largest absolute Gasteiger partial charge is 0.478 e. The molecular weight excluding hydrogens is 326 g/mol. The number of nitrogens with two attached hydrogens (primary N) is 1. The Hall–Kier alpha value is -2.41. The fraction of sp³-hybridized carbons (Fsp3) is 0. The summed E-state index contributed by atoms with van der Waals surface area (Å²) in [5.74, 6) is -1.64. The Kier molecular flexibility index (Phi) is 3.99. The second-order valence-electron chi connectivity index (χ2n) is 3.93. The van der Waals surface area contributed by atoms with Gasteiger partial charge in [0, 0.05) is 4.47 Å². The smallest absolute Gasteiger partial charge is 0.337 e. The van der Waals surface area contributed by atoms with Crippen LogP contribution in [0.15, 0.2) is 41.0 Å². The van der Waals surface area contributed by atoms with Crippen molar-refractivity contribution in [3.8, 4) is 0 Å². The first-order chi connectivity index (χ1) is 9.47. The lowest BCUT2D eigenvalue weighted by molar-refractivity contribution is 0.0698. The number of nitrogen functional groups attached to an aromatic ring is 1. The van der Waals surface area contributed by atoms with Crippen LogP contribution in [0.1, 0.15) is 20.8 Å². The number of hydrogen-bond donors (Lipinski definition) is 3. The van der Waals surface area contributed by atoms with Crippen LogP contribution in [0.5, 0.6) is 0 Å². The molecule has 0 aliphatic carbocycles. The molecular formula is C13H10BrN3O3. The summed E-state index contributed by atoms with van der Waals surface area (Å²) in [5, 5.41) is 11.6. The number of hydrogen-bond acceptors (Lipinski definition) is 4. The number of pyridine rings is 1. The van der Waals surface area contributed by atoms with Crippen LogP contribution in [0.2, 0.25) is 0 Å². The van der Waals surface area contributed by atoms with E-state index in [0.717, 1.165) is 0 Å². The predicted octanol–water partition coefficient (Wildman–Crippen LogP) is 2.38. The third-order valence-electron chi connectivity index (χ3n) is 2.48. The third-order valence-corrected chi connectivity index (χ3v) is 2.97. The number of aromatic carboxylic acids is 1. The van der Waals surface area contributed by atoms with E-state index in [0.29, 0.717) is 10.2 Å². The minimum atomic E-state index is -1.13. The minimum Gasteiger partial charge on any atom is -0.478 e. The third kappa shape index (κ3) is 3.12. The zero-order valence-electron chi connectivity index (χ0n) is 10.1. The van der Waals surface area contributed by atoms with Crippen LogP contribution >= 0.6 is 15.9 Å². The molecule has 0 atom stereocenters. The summed E-state index contributed by atoms with van der Waals surface area (Å²) in [6, 6.07) is 7.56. The first kappa shape index (κ1) is 14.0. The van der Waals surface area contributed by atoms with Gasteiger partial charge in [-0.1, -0.05) is 15.9 Å². The zero-order valence-corrected chi connectivity index (χ0v) is 11.7. The zero-order chi connectivity index (χ0) is 14.7. The molecule has 20 heavy (non-hydrogen) atoms. The van der Waals surface area contributed by atoms with Gasteiger partial charge in [0.2, 0.25) is 0 Å². The Bertz CT molecular complexity index is 671. The van der Waals surface area contributed by atoms with Gasteiger partial charge in [-0.25, -0.2) is 9.78 Å². The van der Waals surface area contributed by atoms with Gasteiger partial charge in [0.25, 0.3) is 5.91 Å². The van der Waals surface area contributed by atoms with E-state index in [9.17, 15) is 9.59 Å². The van der Waals surface area contributed by atoms with Gasteiger partial charge in [0.1, 0.15) is 5.69 Å². The summed E-state index contributed by atoms with van der Waals surface area (Å²) in [6.07, 6.45) is 1.36. The molecule has 0 saturated heterocycles. The molecule has 0 aliphatic heterocycles. The highest BCUT2D eigenvalue weighted by atomic mass is 79.9. The summed E-state index contributed by atoms with van der Waals surface area (Å²) in [6.45, 7) is 0. The Morgan fingerprint density at radius 3 is 2.60 bits per heavy atom. The van der Waals surface area contributed by atoms with E-state index in [-0.39, 0.29) is 16.9 Å². The maximum atomic E-state index is 12.0. The molecule has 0 fully saturated rings. The van der Waals surface area contributed by atoms with Crippen molar-refractivity contribution in [1.82, 2.24) is 4.98 Å². The number of halogens is 1. The molecule has 6 nitrogen and oxygen atoms in total. The molecule has 0 aliphatic rings. The van der Waals surface area contributed by atoms with Crippen molar-refractivity contribution in [2.75, 3.05) is 11.1 Å². The molecule has 0 bridgehead atoms. The van der Waals surface area contributed by atoms with Gasteiger partial charge in [0.15, 0.2) is 0 Å². The van der Waals surface area contributed by atoms with E-state index < -0.39 is 11.9 Å². The topological polar surface area (TPSA) is 105 Å². The molecule has 1 aromatic heterocycles. The van der Waals surface area contributed by atoms with E-state index in [2.05, 4.69) is 26.2 Å². The molecule has 2 aromatic rings. The van der Waals surface area contributed by atoms with Crippen molar-refractivity contribution < 1.29 is 14.7 Å². The van der Waals surface area contributed by atoms with Crippen molar-refractivity contribution >= 4 is 39.2 Å². The number of carbonyl (C=O) groups excluding carboxylic acids is 1. The van der Waals surface area contributed by atoms with Crippen LogP contribution in [-0.2, 0) is 0 Å². The highest BCUT2D eigenvalue weighted by molar-refractivity contribution is 9.10. The molecule has 1 amide bonds. The number of amides is 1. The number of anilines is 2. The van der Waals surface area contributed by atoms with Gasteiger partial charge in [-0.05, 0) is 30.3 Å². The molecule has 0 saturated carbocycles. The van der Waals surface area contributed by atoms with Gasteiger partial charge in [-0.3, -0.25) is 4.79 Å². The lowest BCUT2D eigenvalue weighted by Crippen LogP contribution is -2.16. The minimum absolute atomic E-state index is 0.0110. The number of carboxylic acid groups (broad SMARTS) is 1. The number of aromatic nitrogens is 1. The number of carboxylic acids is 1. The lowest BCUT2D eigenvalue weighted by Gasteiger charge is -2.08. The van der Waals surface area contributed by atoms with E-state index in [4.69, 9.17) is 10.8 Å². The van der Waals surface area contributed by atoms with E-state index >= 15 is 0 Å². The molecule has 4 N–H and O–H groups in total. The summed E-state index contributed by atoms with van der Waals surface area (Å²) in [5.41, 5.74) is 6.26. The monoisotopic (exact) mass is 335 g/mol. The SMILES string of the molecule is Nc1ccc(C(=O)Nc2ccc(Br)cc2C(=O)O)nc1. The average Bonchev–Trinajstić information content (AvgIpc) is 2.41. The van der Waals surface area contributed by atoms with Crippen LogP contribution in [0.4, 0.5) is 11.4 Å². The molecule has 0 unspecified atom stereocenters. The standard InChI is InChI=1S/C13H10BrN3O3/c14-7-1-3-10(9(5-7)13(19)20)17-12(18)11-4-2-8(15)6-16-11/h1-6H,15H2,(H,17,18)(H,19,20). The molecule has 1 aromatic carbocycles. The Morgan fingerprint density at radius 2 is 2.00 bits per heavy atom. The van der Waals surface area contributed by atoms with Crippen LogP contribution in [0.3, 0.4) is 0 Å². The lowest BCUT2D eigenvalue weighted by atomic mass is 10.1. The summed E-state index contributed by atoms with van der Waals surface area (Å²) in [7, 11) is 0. The molecule has 2 rings (SSSR count). The van der Waals surface area contributed by atoms with Crippen molar-refractivity contribution in [1.29, 1.82) is 0 Å². The van der Waals surface area contributed by atoms with Crippen molar-refractivity contribution in [2.24, 2.45) is 0 Å². The molecule has 0 radical (unpaired) electrons. The van der Waals surface area contributed by atoms with Crippen LogP contribution in [-0.4, -0.2) is 22.0 Å². The Balaban J connectivity index is 2.28. The number of benzene rings is 1. The van der Waals surface area contributed by atoms with Gasteiger partial charge in [-0.2, -0.15) is 0 Å². The second-order valence-corrected chi connectivity index (χ2v) is 4.84. The van der Waals surface area contributed by atoms with Crippen molar-refractivity contribution in [2.45, 2.75) is 0 Å². The number of carbonyl (C=O) groups is 2. The molecule has 7 heteroatoms. The molecule has 102 valence electrons. The first-order valence-electron chi connectivity index (χ1n) is 5.53. The van der Waals surface area contributed by atoms with Crippen LogP contribution < -0.4 is 11.1 Å². The summed E-state index contributed by atoms with van der Waals surface area (Å²) in [4.78, 5) is 27.0. The number of nitrogens with zero attached hydrogens (tertiary/aromatic N) is 1. The van der Waals surface area contributed by atoms with Crippen LogP contribution in [0.25, 0.3) is 0 Å². The van der Waals surface area contributed by atoms with E-state index in [1.54, 1.807) is 12.1 Å². The highest BCUT2D eigenvalue weighted by Crippen LogP contribution is 2.21. The highest BCUT2D eigenvalue weighted by Gasteiger charge is 2.14. The summed E-state index contributed by atoms with van der Waals surface area (Å²) >= 11 is 3.18. The molecule has 1 heterocycles. The van der Waals surface area contributed by atoms with Crippen molar-refractivity contribution in [3.05, 3.63) is 52.3 Å². The number of rotatable bonds is 3. The van der Waals surface area contributed by atoms with Crippen LogP contribution in [0, 0.1) is 0 Å². The van der Waals surface area contributed by atoms with E-state index in [1.165, 1.54) is 24.4 Å². The quantitative estimate of drug-likeness (QED) is 0.798. The van der Waals surface area contributed by atoms with Gasteiger partial charge < -0.3 is 16.2 Å². The molecule has 0 spiro atoms. The predicted molar refractivity (Wildman–Crippen MR) is 77.7 cm³/mol. The Labute approximate surface area is 122 Å². The normalized spacial score (nSPS) is 10.1. The number of nitrogens with one attached hydrogen (secondary N) is 1. The fourth-order valence-electron chi connectivity index (χ4n) is 1.53. The van der Waals surface area contributed by atoms with Crippen molar-refractivity contribution in [3.63, 3.8) is 0 Å². The second kappa shape index (κ2) is 5.70. The first-order valence-corrected chi connectivity index (χ1v) is 6.32. The fourth-order valence-corrected chi connectivity index (χ4v) is 1.89. The van der Waals surface area contributed by atoms with Gasteiger partial charge in [0.05, 0.1) is 23.1 Å². The maximum absolute atomic E-state index is 12.0. The van der Waals surface area contributed by atoms with Gasteiger partial charge >= 0.3 is 5.97 Å². The maximum Gasteiger partial charge on any atom is 0.337 e. The van der Waals surface area contributed by atoms with Gasteiger partial charge in [-0.15, -0.1) is 0 Å². The van der Waals surface area contributed by atoms with E-state index in [1.807, 2.05) is 0 Å². The summed E-state index contributed by atoms with van der Waals surface area (Å²) < 4.78 is 0.610.